The number of fused-ring (bicyclic) bond motifs is 4. The summed E-state index contributed by atoms with van der Waals surface area (Å²) >= 11 is 0. The van der Waals surface area contributed by atoms with Gasteiger partial charge >= 0.3 is 0 Å². The highest BCUT2D eigenvalue weighted by Crippen LogP contribution is 2.41. The fourth-order valence-electron chi connectivity index (χ4n) is 7.63. The van der Waals surface area contributed by atoms with Gasteiger partial charge in [-0.3, -0.25) is 0 Å². The summed E-state index contributed by atoms with van der Waals surface area (Å²) in [6.07, 6.45) is 4.54. The quantitative estimate of drug-likeness (QED) is 0.178. The van der Waals surface area contributed by atoms with Crippen LogP contribution in [0.25, 0.3) is 66.6 Å². The topological polar surface area (TPSA) is 8.17 Å². The molecule has 0 bridgehead atoms. The first-order valence-electron chi connectivity index (χ1n) is 17.1. The number of aromatic nitrogens is 1. The maximum atomic E-state index is 2.40. The van der Waals surface area contributed by atoms with E-state index in [0.717, 1.165) is 18.5 Å². The lowest BCUT2D eigenvalue weighted by Crippen LogP contribution is -2.19. The second kappa shape index (κ2) is 12.2. The van der Waals surface area contributed by atoms with Gasteiger partial charge in [-0.2, -0.15) is 0 Å². The highest BCUT2D eigenvalue weighted by Gasteiger charge is 2.20. The summed E-state index contributed by atoms with van der Waals surface area (Å²) < 4.78 is 2.40. The lowest BCUT2D eigenvalue weighted by Gasteiger charge is -2.29. The summed E-state index contributed by atoms with van der Waals surface area (Å²) in [4.78, 5) is 2.38. The average molecular weight is 629 g/mol. The van der Waals surface area contributed by atoms with Crippen LogP contribution in [0.1, 0.15) is 17.5 Å². The van der Waals surface area contributed by atoms with E-state index < -0.39 is 0 Å². The fourth-order valence-corrected chi connectivity index (χ4v) is 7.63. The predicted octanol–water partition coefficient (Wildman–Crippen LogP) is 12.2. The molecule has 1 aliphatic rings. The SMILES string of the molecule is CN(C1=CCCc2ccccc21)c1ccc(-c2ccc3c(c2)c2ccccc2n3-c2ccc(-c3ccccc3)cc2)cc1-c1ccccc1. The molecule has 0 saturated heterocycles. The van der Waals surface area contributed by atoms with E-state index in [0.29, 0.717) is 0 Å². The minimum atomic E-state index is 1.06. The number of benzene rings is 7. The Bertz CT molecular complexity index is 2490. The van der Waals surface area contributed by atoms with E-state index in [4.69, 9.17) is 0 Å². The van der Waals surface area contributed by atoms with Crippen LogP contribution in [0.3, 0.4) is 0 Å². The molecule has 234 valence electrons. The third-order valence-corrected chi connectivity index (χ3v) is 10.1. The van der Waals surface area contributed by atoms with E-state index in [1.54, 1.807) is 0 Å². The molecule has 9 rings (SSSR count). The Morgan fingerprint density at radius 1 is 0.469 bits per heavy atom. The van der Waals surface area contributed by atoms with Gasteiger partial charge in [0.1, 0.15) is 0 Å². The van der Waals surface area contributed by atoms with Gasteiger partial charge in [-0.25, -0.2) is 0 Å². The summed E-state index contributed by atoms with van der Waals surface area (Å²) in [6, 6.07) is 61.8. The molecule has 0 N–H and O–H groups in total. The molecule has 0 fully saturated rings. The van der Waals surface area contributed by atoms with Crippen molar-refractivity contribution in [3.05, 3.63) is 187 Å². The van der Waals surface area contributed by atoms with Gasteiger partial charge in [0, 0.05) is 46.0 Å². The molecule has 49 heavy (non-hydrogen) atoms. The molecule has 1 aromatic heterocycles. The molecule has 1 aliphatic carbocycles. The lowest BCUT2D eigenvalue weighted by molar-refractivity contribution is 0.963. The van der Waals surface area contributed by atoms with Crippen LogP contribution >= 0.6 is 0 Å². The first kappa shape index (κ1) is 29.1. The van der Waals surface area contributed by atoms with Crippen LogP contribution < -0.4 is 4.90 Å². The Balaban J connectivity index is 1.15. The molecule has 0 saturated carbocycles. The minimum absolute atomic E-state index is 1.06. The normalized spacial score (nSPS) is 12.6. The van der Waals surface area contributed by atoms with E-state index in [9.17, 15) is 0 Å². The Morgan fingerprint density at radius 3 is 1.90 bits per heavy atom. The van der Waals surface area contributed by atoms with Crippen LogP contribution in [0.2, 0.25) is 0 Å². The van der Waals surface area contributed by atoms with Crippen molar-refractivity contribution < 1.29 is 0 Å². The molecular weight excluding hydrogens is 593 g/mol. The Labute approximate surface area is 287 Å². The van der Waals surface area contributed by atoms with Crippen LogP contribution in [0, 0.1) is 0 Å². The van der Waals surface area contributed by atoms with Crippen molar-refractivity contribution in [1.29, 1.82) is 0 Å². The zero-order valence-electron chi connectivity index (χ0n) is 27.6. The average Bonchev–Trinajstić information content (AvgIpc) is 3.51. The van der Waals surface area contributed by atoms with Crippen LogP contribution in [0.4, 0.5) is 5.69 Å². The van der Waals surface area contributed by atoms with Gasteiger partial charge in [-0.1, -0.05) is 133 Å². The molecule has 0 unspecified atom stereocenters. The van der Waals surface area contributed by atoms with Gasteiger partial charge in [0.15, 0.2) is 0 Å². The minimum Gasteiger partial charge on any atom is -0.344 e. The van der Waals surface area contributed by atoms with Crippen molar-refractivity contribution in [2.24, 2.45) is 0 Å². The van der Waals surface area contributed by atoms with E-state index in [1.165, 1.54) is 77.7 Å². The molecule has 7 aromatic carbocycles. The first-order valence-corrected chi connectivity index (χ1v) is 17.1. The largest absolute Gasteiger partial charge is 0.344 e. The lowest BCUT2D eigenvalue weighted by atomic mass is 9.92. The van der Waals surface area contributed by atoms with Crippen LogP contribution in [0.5, 0.6) is 0 Å². The fraction of sp³-hybridized carbons (Fsp3) is 0.0638. The molecule has 2 heteroatoms. The number of hydrogen-bond acceptors (Lipinski definition) is 1. The molecule has 0 radical (unpaired) electrons. The monoisotopic (exact) mass is 628 g/mol. The van der Waals surface area contributed by atoms with Crippen LogP contribution in [-0.4, -0.2) is 11.6 Å². The van der Waals surface area contributed by atoms with Gasteiger partial charge < -0.3 is 9.47 Å². The summed E-state index contributed by atoms with van der Waals surface area (Å²) in [5.74, 6) is 0. The smallest absolute Gasteiger partial charge is 0.0541 e. The molecule has 0 aliphatic heterocycles. The predicted molar refractivity (Wildman–Crippen MR) is 208 cm³/mol. The number of hydrogen-bond donors (Lipinski definition) is 0. The molecule has 1 heterocycles. The molecule has 0 spiro atoms. The van der Waals surface area contributed by atoms with Crippen molar-refractivity contribution in [2.45, 2.75) is 12.8 Å². The Kier molecular flexibility index (Phi) is 7.21. The summed E-state index contributed by atoms with van der Waals surface area (Å²) in [5, 5.41) is 2.51. The van der Waals surface area contributed by atoms with E-state index in [-0.39, 0.29) is 0 Å². The van der Waals surface area contributed by atoms with Crippen molar-refractivity contribution in [2.75, 3.05) is 11.9 Å². The summed E-state index contributed by atoms with van der Waals surface area (Å²) in [6.45, 7) is 0. The number of anilines is 1. The highest BCUT2D eigenvalue weighted by atomic mass is 15.1. The summed E-state index contributed by atoms with van der Waals surface area (Å²) in [7, 11) is 2.21. The van der Waals surface area contributed by atoms with Crippen LogP contribution in [-0.2, 0) is 6.42 Å². The van der Waals surface area contributed by atoms with Gasteiger partial charge in [0.2, 0.25) is 0 Å². The standard InChI is InChI=1S/C47H36N2/c1-48(44-22-12-18-35-17-8-9-19-40(35)44)45-29-25-37(31-42(45)36-15-6-3-7-16-36)38-26-30-47-43(32-38)41-20-10-11-21-46(41)49(47)39-27-23-34(24-28-39)33-13-4-2-5-14-33/h2-11,13-17,19-32H,12,18H2,1H3. The van der Waals surface area contributed by atoms with Crippen molar-refractivity contribution in [3.63, 3.8) is 0 Å². The maximum absolute atomic E-state index is 2.40. The molecule has 2 nitrogen and oxygen atoms in total. The Hall–Kier alpha value is -6.12. The van der Waals surface area contributed by atoms with Crippen molar-refractivity contribution in [3.8, 4) is 39.1 Å². The van der Waals surface area contributed by atoms with Crippen LogP contribution in [0.15, 0.2) is 176 Å². The Morgan fingerprint density at radius 2 is 1.08 bits per heavy atom. The van der Waals surface area contributed by atoms with Crippen molar-refractivity contribution >= 4 is 33.2 Å². The van der Waals surface area contributed by atoms with Gasteiger partial charge in [-0.05, 0) is 88.7 Å². The molecular formula is C47H36N2. The zero-order chi connectivity index (χ0) is 32.7. The van der Waals surface area contributed by atoms with Gasteiger partial charge in [-0.15, -0.1) is 0 Å². The molecule has 0 atom stereocenters. The van der Waals surface area contributed by atoms with Gasteiger partial charge in [0.05, 0.1) is 11.0 Å². The second-order valence-electron chi connectivity index (χ2n) is 12.9. The molecule has 8 aromatic rings. The van der Waals surface area contributed by atoms with E-state index in [1.807, 2.05) is 0 Å². The number of aryl methyl sites for hydroxylation is 1. The second-order valence-corrected chi connectivity index (χ2v) is 12.9. The highest BCUT2D eigenvalue weighted by molar-refractivity contribution is 6.10. The zero-order valence-corrected chi connectivity index (χ0v) is 27.6. The van der Waals surface area contributed by atoms with E-state index >= 15 is 0 Å². The number of allylic oxidation sites excluding steroid dienone is 1. The number of nitrogens with zero attached hydrogens (tertiary/aromatic N) is 2. The van der Waals surface area contributed by atoms with Gasteiger partial charge in [0.25, 0.3) is 0 Å². The number of para-hydroxylation sites is 1. The molecule has 0 amide bonds. The number of rotatable bonds is 6. The van der Waals surface area contributed by atoms with Crippen molar-refractivity contribution in [1.82, 2.24) is 4.57 Å². The maximum Gasteiger partial charge on any atom is 0.0541 e. The third kappa shape index (κ3) is 5.14. The first-order chi connectivity index (χ1) is 24.2. The van der Waals surface area contributed by atoms with E-state index in [2.05, 4.69) is 192 Å². The third-order valence-electron chi connectivity index (χ3n) is 10.1. The summed E-state index contributed by atoms with van der Waals surface area (Å²) in [5.41, 5.74) is 16.1.